The minimum Gasteiger partial charge on any atom is -0.385 e. The molecule has 2 rings (SSSR count). The van der Waals surface area contributed by atoms with Gasteiger partial charge in [0.05, 0.1) is 0 Å². The SMILES string of the molecule is CC(C)c1ccc(NCCC(=O)Nc2ccc(F)c(F)c2)cc1. The Morgan fingerprint density at radius 3 is 2.26 bits per heavy atom. The Morgan fingerprint density at radius 2 is 1.65 bits per heavy atom. The highest BCUT2D eigenvalue weighted by Crippen LogP contribution is 2.17. The fourth-order valence-electron chi connectivity index (χ4n) is 2.10. The van der Waals surface area contributed by atoms with E-state index in [1.54, 1.807) is 0 Å². The highest BCUT2D eigenvalue weighted by atomic mass is 19.2. The van der Waals surface area contributed by atoms with Crippen LogP contribution in [0.25, 0.3) is 0 Å². The number of rotatable bonds is 6. The summed E-state index contributed by atoms with van der Waals surface area (Å²) in [6, 6.07) is 11.3. The highest BCUT2D eigenvalue weighted by Gasteiger charge is 2.06. The summed E-state index contributed by atoms with van der Waals surface area (Å²) in [6.07, 6.45) is 0.227. The molecule has 5 heteroatoms. The van der Waals surface area contributed by atoms with E-state index in [1.165, 1.54) is 11.6 Å². The maximum absolute atomic E-state index is 13.1. The van der Waals surface area contributed by atoms with Crippen LogP contribution in [0.2, 0.25) is 0 Å². The van der Waals surface area contributed by atoms with Gasteiger partial charge >= 0.3 is 0 Å². The van der Waals surface area contributed by atoms with Gasteiger partial charge in [0.25, 0.3) is 0 Å². The molecule has 0 atom stereocenters. The predicted molar refractivity (Wildman–Crippen MR) is 88.6 cm³/mol. The van der Waals surface area contributed by atoms with Crippen molar-refractivity contribution in [1.29, 1.82) is 0 Å². The van der Waals surface area contributed by atoms with Crippen LogP contribution in [0.3, 0.4) is 0 Å². The first-order valence-corrected chi connectivity index (χ1v) is 7.54. The minimum absolute atomic E-state index is 0.227. The molecule has 2 aromatic rings. The van der Waals surface area contributed by atoms with E-state index in [-0.39, 0.29) is 18.0 Å². The van der Waals surface area contributed by atoms with Gasteiger partial charge in [-0.1, -0.05) is 26.0 Å². The van der Waals surface area contributed by atoms with Gasteiger partial charge in [-0.3, -0.25) is 4.79 Å². The quantitative estimate of drug-likeness (QED) is 0.821. The van der Waals surface area contributed by atoms with E-state index >= 15 is 0 Å². The number of carbonyl (C=O) groups is 1. The van der Waals surface area contributed by atoms with Gasteiger partial charge in [-0.05, 0) is 35.7 Å². The lowest BCUT2D eigenvalue weighted by Gasteiger charge is -2.10. The fraction of sp³-hybridized carbons (Fsp3) is 0.278. The lowest BCUT2D eigenvalue weighted by Crippen LogP contribution is -2.16. The van der Waals surface area contributed by atoms with E-state index in [1.807, 2.05) is 24.3 Å². The summed E-state index contributed by atoms with van der Waals surface area (Å²) in [7, 11) is 0. The predicted octanol–water partition coefficient (Wildman–Crippen LogP) is 4.53. The van der Waals surface area contributed by atoms with Gasteiger partial charge in [0.1, 0.15) is 0 Å². The van der Waals surface area contributed by atoms with E-state index in [0.29, 0.717) is 12.5 Å². The Balaban J connectivity index is 1.79. The molecule has 0 unspecified atom stereocenters. The number of carbonyl (C=O) groups excluding carboxylic acids is 1. The molecular formula is C18H20F2N2O. The van der Waals surface area contributed by atoms with E-state index in [2.05, 4.69) is 24.5 Å². The zero-order valence-electron chi connectivity index (χ0n) is 13.2. The molecule has 23 heavy (non-hydrogen) atoms. The van der Waals surface area contributed by atoms with Crippen LogP contribution in [0.4, 0.5) is 20.2 Å². The highest BCUT2D eigenvalue weighted by molar-refractivity contribution is 5.90. The second-order valence-electron chi connectivity index (χ2n) is 5.63. The monoisotopic (exact) mass is 318 g/mol. The largest absolute Gasteiger partial charge is 0.385 e. The molecule has 0 fully saturated rings. The van der Waals surface area contributed by atoms with Crippen molar-refractivity contribution in [3.63, 3.8) is 0 Å². The molecule has 2 aromatic carbocycles. The average molecular weight is 318 g/mol. The molecule has 0 spiro atoms. The van der Waals surface area contributed by atoms with Crippen molar-refractivity contribution in [1.82, 2.24) is 0 Å². The standard InChI is InChI=1S/C18H20F2N2O/c1-12(2)13-3-5-14(6-4-13)21-10-9-18(23)22-15-7-8-16(19)17(20)11-15/h3-8,11-12,21H,9-10H2,1-2H3,(H,22,23). The number of benzene rings is 2. The van der Waals surface area contributed by atoms with Crippen molar-refractivity contribution in [2.45, 2.75) is 26.2 Å². The third-order valence-corrected chi connectivity index (χ3v) is 3.46. The van der Waals surface area contributed by atoms with Crippen LogP contribution in [-0.2, 0) is 4.79 Å². The molecule has 0 heterocycles. The lowest BCUT2D eigenvalue weighted by atomic mass is 10.0. The molecule has 1 amide bonds. The number of hydrogen-bond donors (Lipinski definition) is 2. The molecule has 0 aromatic heterocycles. The van der Waals surface area contributed by atoms with Crippen molar-refractivity contribution < 1.29 is 13.6 Å². The van der Waals surface area contributed by atoms with Crippen molar-refractivity contribution in [3.05, 3.63) is 59.7 Å². The Labute approximate surface area is 134 Å². The second-order valence-corrected chi connectivity index (χ2v) is 5.63. The van der Waals surface area contributed by atoms with Gasteiger partial charge in [0.15, 0.2) is 11.6 Å². The van der Waals surface area contributed by atoms with Gasteiger partial charge in [-0.25, -0.2) is 8.78 Å². The first-order valence-electron chi connectivity index (χ1n) is 7.54. The number of anilines is 2. The zero-order chi connectivity index (χ0) is 16.8. The number of nitrogens with one attached hydrogen (secondary N) is 2. The normalized spacial score (nSPS) is 10.7. The summed E-state index contributed by atoms with van der Waals surface area (Å²) < 4.78 is 25.9. The Bertz CT molecular complexity index is 669. The van der Waals surface area contributed by atoms with Gasteiger partial charge in [0.2, 0.25) is 5.91 Å². The van der Waals surface area contributed by atoms with Crippen molar-refractivity contribution >= 4 is 17.3 Å². The first-order chi connectivity index (χ1) is 11.0. The van der Waals surface area contributed by atoms with E-state index < -0.39 is 11.6 Å². The molecule has 0 bridgehead atoms. The molecular weight excluding hydrogens is 298 g/mol. The van der Waals surface area contributed by atoms with Crippen LogP contribution < -0.4 is 10.6 Å². The summed E-state index contributed by atoms with van der Waals surface area (Å²) in [5.41, 5.74) is 2.44. The smallest absolute Gasteiger partial charge is 0.226 e. The van der Waals surface area contributed by atoms with E-state index in [0.717, 1.165) is 17.8 Å². The second kappa shape index (κ2) is 7.72. The maximum atomic E-state index is 13.1. The summed E-state index contributed by atoms with van der Waals surface area (Å²) in [6.45, 7) is 4.71. The number of halogens is 2. The van der Waals surface area contributed by atoms with Gasteiger partial charge < -0.3 is 10.6 Å². The van der Waals surface area contributed by atoms with Crippen LogP contribution >= 0.6 is 0 Å². The Hall–Kier alpha value is -2.43. The molecule has 2 N–H and O–H groups in total. The van der Waals surface area contributed by atoms with Gasteiger partial charge in [-0.15, -0.1) is 0 Å². The zero-order valence-corrected chi connectivity index (χ0v) is 13.2. The average Bonchev–Trinajstić information content (AvgIpc) is 2.51. The molecule has 0 aliphatic rings. The van der Waals surface area contributed by atoms with Crippen LogP contribution in [0.5, 0.6) is 0 Å². The summed E-state index contributed by atoms with van der Waals surface area (Å²) in [5, 5.41) is 5.69. The van der Waals surface area contributed by atoms with Gasteiger partial charge in [-0.2, -0.15) is 0 Å². The molecule has 3 nitrogen and oxygen atoms in total. The molecule has 0 aliphatic carbocycles. The van der Waals surface area contributed by atoms with Crippen molar-refractivity contribution in [2.24, 2.45) is 0 Å². The topological polar surface area (TPSA) is 41.1 Å². The Kier molecular flexibility index (Phi) is 5.68. The van der Waals surface area contributed by atoms with Crippen LogP contribution in [0.1, 0.15) is 31.7 Å². The summed E-state index contributed by atoms with van der Waals surface area (Å²) in [5.74, 6) is -1.70. The van der Waals surface area contributed by atoms with Crippen LogP contribution in [0, 0.1) is 11.6 Å². The minimum atomic E-state index is -0.980. The van der Waals surface area contributed by atoms with Crippen LogP contribution in [0.15, 0.2) is 42.5 Å². The molecule has 0 radical (unpaired) electrons. The number of amides is 1. The fourth-order valence-corrected chi connectivity index (χ4v) is 2.10. The van der Waals surface area contributed by atoms with Crippen molar-refractivity contribution in [2.75, 3.05) is 17.2 Å². The number of hydrogen-bond acceptors (Lipinski definition) is 2. The third kappa shape index (κ3) is 5.06. The third-order valence-electron chi connectivity index (χ3n) is 3.46. The summed E-state index contributed by atoms with van der Waals surface area (Å²) >= 11 is 0. The first kappa shape index (κ1) is 16.9. The van der Waals surface area contributed by atoms with Gasteiger partial charge in [0, 0.05) is 30.4 Å². The molecule has 122 valence electrons. The Morgan fingerprint density at radius 1 is 1.00 bits per heavy atom. The van der Waals surface area contributed by atoms with E-state index in [4.69, 9.17) is 0 Å². The maximum Gasteiger partial charge on any atom is 0.226 e. The van der Waals surface area contributed by atoms with Crippen LogP contribution in [-0.4, -0.2) is 12.5 Å². The lowest BCUT2D eigenvalue weighted by molar-refractivity contribution is -0.115. The molecule has 0 aliphatic heterocycles. The molecule has 0 saturated heterocycles. The van der Waals surface area contributed by atoms with E-state index in [9.17, 15) is 13.6 Å². The molecule has 0 saturated carbocycles. The summed E-state index contributed by atoms with van der Waals surface area (Å²) in [4.78, 5) is 11.8. The van der Waals surface area contributed by atoms with Crippen molar-refractivity contribution in [3.8, 4) is 0 Å².